The minimum Gasteiger partial charge on any atom is -0.377 e. The van der Waals surface area contributed by atoms with Crippen LogP contribution in [0.2, 0.25) is 0 Å². The number of ketones is 1. The zero-order valence-corrected chi connectivity index (χ0v) is 14.4. The molecule has 3 nitrogen and oxygen atoms in total. The second-order valence-corrected chi connectivity index (χ2v) is 6.59. The Morgan fingerprint density at radius 3 is 2.81 bits per heavy atom. The lowest BCUT2D eigenvalue weighted by atomic mass is 10.0. The summed E-state index contributed by atoms with van der Waals surface area (Å²) >= 11 is 3.40. The smallest absolute Gasteiger partial charge is 0.179 e. The van der Waals surface area contributed by atoms with Crippen LogP contribution in [0, 0.1) is 0 Å². The number of piperidine rings is 1. The molecule has 0 amide bonds. The molecule has 1 aromatic rings. The third kappa shape index (κ3) is 4.63. The SMILES string of the molecule is CCCOC1CCCN(C(C)C(=O)c2ccc(Br)cc2)C1. The van der Waals surface area contributed by atoms with Gasteiger partial charge in [-0.25, -0.2) is 0 Å². The van der Waals surface area contributed by atoms with Crippen molar-refractivity contribution in [1.82, 2.24) is 4.90 Å². The van der Waals surface area contributed by atoms with E-state index in [0.29, 0.717) is 0 Å². The first-order valence-electron chi connectivity index (χ1n) is 7.77. The van der Waals surface area contributed by atoms with E-state index in [-0.39, 0.29) is 17.9 Å². The number of hydrogen-bond donors (Lipinski definition) is 0. The topological polar surface area (TPSA) is 29.5 Å². The fraction of sp³-hybridized carbons (Fsp3) is 0.588. The van der Waals surface area contributed by atoms with Gasteiger partial charge in [0.05, 0.1) is 12.1 Å². The molecule has 1 aromatic carbocycles. The Balaban J connectivity index is 1.96. The molecular formula is C17H24BrNO2. The average molecular weight is 354 g/mol. The molecular weight excluding hydrogens is 330 g/mol. The summed E-state index contributed by atoms with van der Waals surface area (Å²) in [7, 11) is 0. The quantitative estimate of drug-likeness (QED) is 0.726. The summed E-state index contributed by atoms with van der Waals surface area (Å²) in [4.78, 5) is 14.8. The van der Waals surface area contributed by atoms with Crippen LogP contribution in [0.15, 0.2) is 28.7 Å². The maximum absolute atomic E-state index is 12.6. The summed E-state index contributed by atoms with van der Waals surface area (Å²) in [6.07, 6.45) is 3.53. The van der Waals surface area contributed by atoms with E-state index in [0.717, 1.165) is 49.0 Å². The van der Waals surface area contributed by atoms with Gasteiger partial charge >= 0.3 is 0 Å². The number of carbonyl (C=O) groups excluding carboxylic acids is 1. The van der Waals surface area contributed by atoms with E-state index in [1.807, 2.05) is 31.2 Å². The van der Waals surface area contributed by atoms with Gasteiger partial charge in [-0.3, -0.25) is 9.69 Å². The molecule has 2 unspecified atom stereocenters. The van der Waals surface area contributed by atoms with E-state index in [4.69, 9.17) is 4.74 Å². The van der Waals surface area contributed by atoms with Crippen molar-refractivity contribution in [2.24, 2.45) is 0 Å². The normalized spacial score (nSPS) is 21.2. The highest BCUT2D eigenvalue weighted by molar-refractivity contribution is 9.10. The lowest BCUT2D eigenvalue weighted by molar-refractivity contribution is -0.00810. The number of carbonyl (C=O) groups is 1. The highest BCUT2D eigenvalue weighted by Crippen LogP contribution is 2.19. The third-order valence-electron chi connectivity index (χ3n) is 4.02. The minimum atomic E-state index is -0.0841. The van der Waals surface area contributed by atoms with Gasteiger partial charge < -0.3 is 4.74 Å². The molecule has 0 saturated carbocycles. The highest BCUT2D eigenvalue weighted by Gasteiger charge is 2.28. The van der Waals surface area contributed by atoms with E-state index in [1.165, 1.54) is 0 Å². The molecule has 2 atom stereocenters. The molecule has 0 spiro atoms. The number of hydrogen-bond acceptors (Lipinski definition) is 3. The monoisotopic (exact) mass is 353 g/mol. The molecule has 1 fully saturated rings. The summed E-state index contributed by atoms with van der Waals surface area (Å²) in [5.41, 5.74) is 0.780. The van der Waals surface area contributed by atoms with Crippen molar-refractivity contribution in [1.29, 1.82) is 0 Å². The lowest BCUT2D eigenvalue weighted by Crippen LogP contribution is -2.47. The van der Waals surface area contributed by atoms with Gasteiger partial charge in [0.25, 0.3) is 0 Å². The van der Waals surface area contributed by atoms with Gasteiger partial charge in [0, 0.05) is 23.2 Å². The maximum Gasteiger partial charge on any atom is 0.179 e. The van der Waals surface area contributed by atoms with Crippen molar-refractivity contribution in [3.63, 3.8) is 0 Å². The van der Waals surface area contributed by atoms with Gasteiger partial charge in [-0.2, -0.15) is 0 Å². The van der Waals surface area contributed by atoms with E-state index >= 15 is 0 Å². The summed E-state index contributed by atoms with van der Waals surface area (Å²) in [6.45, 7) is 6.79. The van der Waals surface area contributed by atoms with Gasteiger partial charge in [0.2, 0.25) is 0 Å². The van der Waals surface area contributed by atoms with Gasteiger partial charge in [0.15, 0.2) is 5.78 Å². The van der Waals surface area contributed by atoms with Crippen LogP contribution in [-0.4, -0.2) is 42.5 Å². The molecule has 1 aliphatic heterocycles. The first-order valence-corrected chi connectivity index (χ1v) is 8.56. The van der Waals surface area contributed by atoms with Crippen LogP contribution in [0.3, 0.4) is 0 Å². The Morgan fingerprint density at radius 2 is 2.14 bits per heavy atom. The maximum atomic E-state index is 12.6. The van der Waals surface area contributed by atoms with Crippen molar-refractivity contribution < 1.29 is 9.53 Å². The summed E-state index contributed by atoms with van der Waals surface area (Å²) in [5, 5.41) is 0. The van der Waals surface area contributed by atoms with Crippen molar-refractivity contribution >= 4 is 21.7 Å². The first kappa shape index (κ1) is 16.7. The summed E-state index contributed by atoms with van der Waals surface area (Å²) in [5.74, 6) is 0.193. The van der Waals surface area contributed by atoms with Gasteiger partial charge in [-0.05, 0) is 44.9 Å². The first-order chi connectivity index (χ1) is 10.1. The third-order valence-corrected chi connectivity index (χ3v) is 4.55. The number of rotatable bonds is 6. The number of halogens is 1. The molecule has 0 radical (unpaired) electrons. The van der Waals surface area contributed by atoms with Gasteiger partial charge in [0.1, 0.15) is 0 Å². The van der Waals surface area contributed by atoms with Gasteiger partial charge in [-0.15, -0.1) is 0 Å². The van der Waals surface area contributed by atoms with E-state index < -0.39 is 0 Å². The molecule has 1 heterocycles. The zero-order chi connectivity index (χ0) is 15.2. The predicted molar refractivity (Wildman–Crippen MR) is 88.8 cm³/mol. The van der Waals surface area contributed by atoms with Crippen LogP contribution in [0.4, 0.5) is 0 Å². The number of Topliss-reactive ketones (excluding diaryl/α,β-unsaturated/α-hetero) is 1. The van der Waals surface area contributed by atoms with E-state index in [9.17, 15) is 4.79 Å². The van der Waals surface area contributed by atoms with Crippen molar-refractivity contribution in [2.45, 2.75) is 45.3 Å². The highest BCUT2D eigenvalue weighted by atomic mass is 79.9. The van der Waals surface area contributed by atoms with Crippen LogP contribution in [0.1, 0.15) is 43.5 Å². The minimum absolute atomic E-state index is 0.0841. The second kappa shape index (κ2) is 8.06. The van der Waals surface area contributed by atoms with Gasteiger partial charge in [-0.1, -0.05) is 35.0 Å². The zero-order valence-electron chi connectivity index (χ0n) is 12.8. The fourth-order valence-electron chi connectivity index (χ4n) is 2.76. The molecule has 0 aromatic heterocycles. The van der Waals surface area contributed by atoms with Crippen molar-refractivity contribution in [3.05, 3.63) is 34.3 Å². The average Bonchev–Trinajstić information content (AvgIpc) is 2.52. The van der Waals surface area contributed by atoms with E-state index in [1.54, 1.807) is 0 Å². The predicted octanol–water partition coefficient (Wildman–Crippen LogP) is 3.91. The van der Waals surface area contributed by atoms with Crippen LogP contribution in [-0.2, 0) is 4.74 Å². The van der Waals surface area contributed by atoms with Crippen molar-refractivity contribution in [2.75, 3.05) is 19.7 Å². The second-order valence-electron chi connectivity index (χ2n) is 5.68. The number of ether oxygens (including phenoxy) is 1. The van der Waals surface area contributed by atoms with Crippen LogP contribution < -0.4 is 0 Å². The number of likely N-dealkylation sites (tertiary alicyclic amines) is 1. The molecule has 0 bridgehead atoms. The molecule has 2 rings (SSSR count). The lowest BCUT2D eigenvalue weighted by Gasteiger charge is -2.36. The van der Waals surface area contributed by atoms with Crippen LogP contribution in [0.5, 0.6) is 0 Å². The standard InChI is InChI=1S/C17H24BrNO2/c1-3-11-21-16-5-4-10-19(12-16)13(2)17(20)14-6-8-15(18)9-7-14/h6-9,13,16H,3-5,10-12H2,1-2H3. The molecule has 0 N–H and O–H groups in total. The Kier molecular flexibility index (Phi) is 6.40. The molecule has 21 heavy (non-hydrogen) atoms. The van der Waals surface area contributed by atoms with E-state index in [2.05, 4.69) is 27.8 Å². The molecule has 0 aliphatic carbocycles. The number of nitrogens with zero attached hydrogens (tertiary/aromatic N) is 1. The fourth-order valence-corrected chi connectivity index (χ4v) is 3.02. The molecule has 1 saturated heterocycles. The molecule has 116 valence electrons. The van der Waals surface area contributed by atoms with Crippen LogP contribution in [0.25, 0.3) is 0 Å². The number of benzene rings is 1. The molecule has 4 heteroatoms. The van der Waals surface area contributed by atoms with Crippen molar-refractivity contribution in [3.8, 4) is 0 Å². The Hall–Kier alpha value is -0.710. The molecule has 1 aliphatic rings. The largest absolute Gasteiger partial charge is 0.377 e. The Morgan fingerprint density at radius 1 is 1.43 bits per heavy atom. The summed E-state index contributed by atoms with van der Waals surface area (Å²) < 4.78 is 6.85. The Bertz CT molecular complexity index is 460. The summed E-state index contributed by atoms with van der Waals surface area (Å²) in [6, 6.07) is 7.53. The Labute approximate surface area is 135 Å². The van der Waals surface area contributed by atoms with Crippen LogP contribution >= 0.6 is 15.9 Å².